The molecule has 0 saturated carbocycles. The van der Waals surface area contributed by atoms with Gasteiger partial charge in [0.05, 0.1) is 18.0 Å². The molecule has 0 spiro atoms. The van der Waals surface area contributed by atoms with Crippen molar-refractivity contribution in [2.24, 2.45) is 0 Å². The smallest absolute Gasteiger partial charge is 0.162 e. The lowest BCUT2D eigenvalue weighted by Gasteiger charge is -2.03. The normalized spacial score (nSPS) is 10.7. The number of rotatable bonds is 5. The topological polar surface area (TPSA) is 69.1 Å². The Bertz CT molecular complexity index is 1320. The van der Waals surface area contributed by atoms with E-state index in [4.69, 9.17) is 8.83 Å². The number of hydrogen-bond donors (Lipinski definition) is 0. The van der Waals surface area contributed by atoms with Crippen molar-refractivity contribution in [1.82, 2.24) is 8.75 Å². The first-order chi connectivity index (χ1) is 15.7. The van der Waals surface area contributed by atoms with E-state index in [2.05, 4.69) is 22.6 Å². The number of furan rings is 2. The number of nitrogens with zero attached hydrogens (tertiary/aromatic N) is 2. The Balaban J connectivity index is 0.000000775. The minimum atomic E-state index is 0.131. The van der Waals surface area contributed by atoms with Crippen molar-refractivity contribution in [3.8, 4) is 34.0 Å². The van der Waals surface area contributed by atoms with Crippen LogP contribution in [0.2, 0.25) is 0 Å². The van der Waals surface area contributed by atoms with Gasteiger partial charge >= 0.3 is 0 Å². The highest BCUT2D eigenvalue weighted by Crippen LogP contribution is 2.36. The Morgan fingerprint density at radius 2 is 1.44 bits per heavy atom. The molecule has 6 heteroatoms. The van der Waals surface area contributed by atoms with E-state index in [0.29, 0.717) is 12.0 Å². The minimum Gasteiger partial charge on any atom is -0.464 e. The van der Waals surface area contributed by atoms with Crippen LogP contribution in [0, 0.1) is 0 Å². The first kappa shape index (κ1) is 21.7. The van der Waals surface area contributed by atoms with Gasteiger partial charge in [-0.05, 0) is 36.4 Å². The van der Waals surface area contributed by atoms with Crippen molar-refractivity contribution < 1.29 is 13.6 Å². The molecule has 32 heavy (non-hydrogen) atoms. The van der Waals surface area contributed by atoms with Crippen LogP contribution in [0.4, 0.5) is 0 Å². The molecule has 0 aliphatic carbocycles. The van der Waals surface area contributed by atoms with Gasteiger partial charge < -0.3 is 8.83 Å². The summed E-state index contributed by atoms with van der Waals surface area (Å²) in [6, 6.07) is 19.1. The molecular weight excluding hydrogens is 420 g/mol. The van der Waals surface area contributed by atoms with E-state index in [1.807, 2.05) is 67.6 Å². The highest BCUT2D eigenvalue weighted by atomic mass is 32.1. The maximum absolute atomic E-state index is 11.8. The monoisotopic (exact) mass is 444 g/mol. The van der Waals surface area contributed by atoms with E-state index >= 15 is 0 Å². The van der Waals surface area contributed by atoms with Crippen molar-refractivity contribution in [2.75, 3.05) is 0 Å². The average Bonchev–Trinajstić information content (AvgIpc) is 3.60. The van der Waals surface area contributed by atoms with Crippen LogP contribution < -0.4 is 0 Å². The summed E-state index contributed by atoms with van der Waals surface area (Å²) in [6.07, 6.45) is 3.39. The van der Waals surface area contributed by atoms with Crippen molar-refractivity contribution >= 4 is 28.5 Å². The molecule has 0 atom stereocenters. The fourth-order valence-electron chi connectivity index (χ4n) is 3.36. The van der Waals surface area contributed by atoms with Crippen molar-refractivity contribution in [3.05, 3.63) is 72.5 Å². The second-order valence-corrected chi connectivity index (χ2v) is 7.85. The van der Waals surface area contributed by atoms with Crippen LogP contribution in [-0.2, 0) is 0 Å². The summed E-state index contributed by atoms with van der Waals surface area (Å²) in [7, 11) is 0. The zero-order valence-electron chi connectivity index (χ0n) is 18.3. The lowest BCUT2D eigenvalue weighted by Crippen LogP contribution is -1.95. The first-order valence-electron chi connectivity index (χ1n) is 10.7. The van der Waals surface area contributed by atoms with E-state index in [1.165, 1.54) is 18.1 Å². The molecule has 0 unspecified atom stereocenters. The van der Waals surface area contributed by atoms with E-state index < -0.39 is 0 Å². The van der Waals surface area contributed by atoms with Crippen LogP contribution >= 0.6 is 11.7 Å². The molecule has 2 aromatic carbocycles. The van der Waals surface area contributed by atoms with Crippen LogP contribution in [0.15, 0.2) is 75.8 Å². The van der Waals surface area contributed by atoms with Crippen molar-refractivity contribution in [2.45, 2.75) is 33.6 Å². The van der Waals surface area contributed by atoms with Gasteiger partial charge in [-0.3, -0.25) is 4.79 Å². The maximum atomic E-state index is 11.8. The van der Waals surface area contributed by atoms with Crippen LogP contribution in [0.1, 0.15) is 44.0 Å². The Morgan fingerprint density at radius 3 is 2.03 bits per heavy atom. The van der Waals surface area contributed by atoms with Gasteiger partial charge in [-0.15, -0.1) is 0 Å². The molecule has 3 heterocycles. The lowest BCUT2D eigenvalue weighted by molar-refractivity contribution is 0.0988. The van der Waals surface area contributed by atoms with Gasteiger partial charge in [0.2, 0.25) is 0 Å². The van der Waals surface area contributed by atoms with Crippen molar-refractivity contribution in [3.63, 3.8) is 0 Å². The molecule has 0 saturated heterocycles. The minimum absolute atomic E-state index is 0.131. The number of Topliss-reactive ketones (excluding diaryl/α,β-unsaturated/α-hetero) is 1. The molecule has 162 valence electrons. The summed E-state index contributed by atoms with van der Waals surface area (Å²) in [4.78, 5) is 11.8. The standard InChI is InChI=1S/C23H16N2O3S.C3H8/c1-2-18(26)14-5-7-15(8-6-14)19-11-12-21(28-19)17-10-9-16(20-4-3-13-27-20)22-23(17)25-29-24-22;1-3-2/h3-13H,2H2,1H3;3H2,1-2H3. The quantitative estimate of drug-likeness (QED) is 0.258. The number of aromatic nitrogens is 2. The summed E-state index contributed by atoms with van der Waals surface area (Å²) in [5, 5.41) is 0. The summed E-state index contributed by atoms with van der Waals surface area (Å²) in [6.45, 7) is 6.11. The van der Waals surface area contributed by atoms with E-state index in [9.17, 15) is 4.79 Å². The Hall–Kier alpha value is -3.51. The molecule has 5 rings (SSSR count). The van der Waals surface area contributed by atoms with Gasteiger partial charge in [0.1, 0.15) is 28.3 Å². The molecule has 0 amide bonds. The van der Waals surface area contributed by atoms with Crippen LogP contribution in [0.25, 0.3) is 45.0 Å². The molecular formula is C26H24N2O3S. The largest absolute Gasteiger partial charge is 0.464 e. The Labute approximate surface area is 191 Å². The Kier molecular flexibility index (Phi) is 6.61. The van der Waals surface area contributed by atoms with Gasteiger partial charge in [0.15, 0.2) is 5.78 Å². The molecule has 0 radical (unpaired) electrons. The van der Waals surface area contributed by atoms with E-state index in [0.717, 1.165) is 45.0 Å². The van der Waals surface area contributed by atoms with Gasteiger partial charge in [-0.1, -0.05) is 51.5 Å². The number of ketones is 1. The second kappa shape index (κ2) is 9.75. The predicted molar refractivity (Wildman–Crippen MR) is 129 cm³/mol. The highest BCUT2D eigenvalue weighted by Gasteiger charge is 2.17. The van der Waals surface area contributed by atoms with E-state index in [1.54, 1.807) is 6.26 Å². The molecule has 0 bridgehead atoms. The number of hydrogen-bond acceptors (Lipinski definition) is 6. The number of carbonyl (C=O) groups excluding carboxylic acids is 1. The molecule has 0 aliphatic rings. The van der Waals surface area contributed by atoms with Gasteiger partial charge in [0, 0.05) is 28.7 Å². The first-order valence-corrected chi connectivity index (χ1v) is 11.4. The molecule has 0 fully saturated rings. The fourth-order valence-corrected chi connectivity index (χ4v) is 3.93. The van der Waals surface area contributed by atoms with E-state index in [-0.39, 0.29) is 5.78 Å². The zero-order valence-corrected chi connectivity index (χ0v) is 19.1. The molecule has 0 N–H and O–H groups in total. The fraction of sp³-hybridized carbons (Fsp3) is 0.192. The SMILES string of the molecule is CCC.CCC(=O)c1ccc(-c2ccc(-c3ccc(-c4ccco4)c4nsnc34)o2)cc1. The summed E-state index contributed by atoms with van der Waals surface area (Å²) < 4.78 is 20.6. The van der Waals surface area contributed by atoms with Gasteiger partial charge in [-0.25, -0.2) is 0 Å². The Morgan fingerprint density at radius 1 is 0.812 bits per heavy atom. The number of fused-ring (bicyclic) bond motifs is 1. The summed E-state index contributed by atoms with van der Waals surface area (Å²) >= 11 is 1.17. The summed E-state index contributed by atoms with van der Waals surface area (Å²) in [5.74, 6) is 2.35. The second-order valence-electron chi connectivity index (χ2n) is 7.32. The lowest BCUT2D eigenvalue weighted by atomic mass is 10.0. The molecule has 0 aliphatic heterocycles. The third-order valence-electron chi connectivity index (χ3n) is 4.89. The van der Waals surface area contributed by atoms with Crippen molar-refractivity contribution in [1.29, 1.82) is 0 Å². The van der Waals surface area contributed by atoms with Crippen LogP contribution in [-0.4, -0.2) is 14.5 Å². The van der Waals surface area contributed by atoms with Crippen LogP contribution in [0.5, 0.6) is 0 Å². The number of benzene rings is 2. The van der Waals surface area contributed by atoms with Gasteiger partial charge in [-0.2, -0.15) is 8.75 Å². The van der Waals surface area contributed by atoms with Gasteiger partial charge in [0.25, 0.3) is 0 Å². The number of carbonyl (C=O) groups is 1. The third kappa shape index (κ3) is 4.27. The summed E-state index contributed by atoms with van der Waals surface area (Å²) in [5.41, 5.74) is 5.01. The zero-order chi connectivity index (χ0) is 22.5. The highest BCUT2D eigenvalue weighted by molar-refractivity contribution is 7.00. The molecule has 3 aromatic heterocycles. The molecule has 5 aromatic rings. The average molecular weight is 445 g/mol. The maximum Gasteiger partial charge on any atom is 0.162 e. The van der Waals surface area contributed by atoms with Crippen LogP contribution in [0.3, 0.4) is 0 Å². The predicted octanol–water partition coefficient (Wildman–Crippen LogP) is 7.89. The molecule has 5 nitrogen and oxygen atoms in total. The third-order valence-corrected chi connectivity index (χ3v) is 5.41.